The van der Waals surface area contributed by atoms with E-state index in [1.54, 1.807) is 13.8 Å². The molecule has 4 amide bonds. The fourth-order valence-corrected chi connectivity index (χ4v) is 6.49. The van der Waals surface area contributed by atoms with Gasteiger partial charge < -0.3 is 30.7 Å². The van der Waals surface area contributed by atoms with E-state index in [9.17, 15) is 41.5 Å². The second-order valence-corrected chi connectivity index (χ2v) is 13.7. The topological polar surface area (TPSA) is 154 Å². The van der Waals surface area contributed by atoms with Crippen molar-refractivity contribution < 1.29 is 51.4 Å². The molecule has 15 heteroatoms. The summed E-state index contributed by atoms with van der Waals surface area (Å²) in [7, 11) is 0. The summed E-state index contributed by atoms with van der Waals surface area (Å²) in [6.07, 6.45) is -0.0581. The fourth-order valence-electron chi connectivity index (χ4n) is 6.49. The Morgan fingerprint density at radius 1 is 0.959 bits per heavy atom. The number of ether oxygens (including phenoxy) is 1. The summed E-state index contributed by atoms with van der Waals surface area (Å²) in [4.78, 5) is 65.7. The number of carboxylic acids is 1. The quantitative estimate of drug-likeness (QED) is 0.194. The van der Waals surface area contributed by atoms with E-state index in [4.69, 9.17) is 9.84 Å². The van der Waals surface area contributed by atoms with Gasteiger partial charge in [0.25, 0.3) is 0 Å². The van der Waals surface area contributed by atoms with Crippen LogP contribution in [0.2, 0.25) is 0 Å². The average Bonchev–Trinajstić information content (AvgIpc) is 3.49. The van der Waals surface area contributed by atoms with Crippen molar-refractivity contribution in [2.45, 2.75) is 104 Å². The third kappa shape index (κ3) is 11.3. The lowest BCUT2D eigenvalue weighted by Crippen LogP contribution is -2.57. The summed E-state index contributed by atoms with van der Waals surface area (Å²) < 4.78 is 61.1. The number of benzene rings is 1. The lowest BCUT2D eigenvalue weighted by molar-refractivity contribution is -0.141. The highest BCUT2D eigenvalue weighted by Crippen LogP contribution is 2.38. The first-order valence-electron chi connectivity index (χ1n) is 16.9. The molecule has 2 fully saturated rings. The molecule has 0 bridgehead atoms. The zero-order chi connectivity index (χ0) is 36.4. The van der Waals surface area contributed by atoms with E-state index in [2.05, 4.69) is 16.0 Å². The molecule has 1 saturated heterocycles. The van der Waals surface area contributed by atoms with Gasteiger partial charge in [-0.2, -0.15) is 0 Å². The molecule has 0 aromatic heterocycles. The molecule has 1 aliphatic carbocycles. The van der Waals surface area contributed by atoms with E-state index in [0.29, 0.717) is 12.1 Å². The van der Waals surface area contributed by atoms with Gasteiger partial charge in [-0.3, -0.25) is 14.4 Å². The summed E-state index contributed by atoms with van der Waals surface area (Å²) >= 11 is 0. The Morgan fingerprint density at radius 2 is 1.59 bits per heavy atom. The zero-order valence-electron chi connectivity index (χ0n) is 28.4. The first kappa shape index (κ1) is 39.5. The van der Waals surface area contributed by atoms with Crippen molar-refractivity contribution >= 4 is 29.8 Å². The second kappa shape index (κ2) is 18.2. The van der Waals surface area contributed by atoms with Gasteiger partial charge in [0.15, 0.2) is 0 Å². The summed E-state index contributed by atoms with van der Waals surface area (Å²) in [5.41, 5.74) is -1.11. The van der Waals surface area contributed by atoms with Gasteiger partial charge in [-0.25, -0.2) is 27.2 Å². The van der Waals surface area contributed by atoms with Crippen LogP contribution in [0.25, 0.3) is 0 Å². The summed E-state index contributed by atoms with van der Waals surface area (Å²) in [5.74, 6) is -6.32. The molecule has 274 valence electrons. The average molecular weight is 701 g/mol. The maximum atomic E-state index is 14.4. The molecule has 1 saturated carbocycles. The lowest BCUT2D eigenvalue weighted by Gasteiger charge is -2.31. The van der Waals surface area contributed by atoms with Crippen molar-refractivity contribution in [1.29, 1.82) is 0 Å². The Labute approximate surface area is 283 Å². The van der Waals surface area contributed by atoms with Gasteiger partial charge in [0.2, 0.25) is 24.1 Å². The summed E-state index contributed by atoms with van der Waals surface area (Å²) in [6, 6.07) is -2.60. The van der Waals surface area contributed by atoms with Crippen molar-refractivity contribution in [2.75, 3.05) is 19.7 Å². The molecule has 3 rings (SSSR count). The molecule has 2 aliphatic rings. The Balaban J connectivity index is 1.77. The maximum absolute atomic E-state index is 14.4. The smallest absolute Gasteiger partial charge is 0.407 e. The largest absolute Gasteiger partial charge is 0.478 e. The number of aromatic carboxylic acids is 1. The van der Waals surface area contributed by atoms with Crippen LogP contribution in [0.5, 0.6) is 0 Å². The van der Waals surface area contributed by atoms with Crippen LogP contribution in [0, 0.1) is 35.3 Å². The first-order chi connectivity index (χ1) is 23.1. The minimum absolute atomic E-state index is 0.0552. The number of likely N-dealkylation sites (tertiary alicyclic amines) is 1. The highest BCUT2D eigenvalue weighted by molar-refractivity contribution is 5.94. The molecule has 1 aromatic rings. The van der Waals surface area contributed by atoms with E-state index in [0.717, 1.165) is 32.1 Å². The van der Waals surface area contributed by atoms with Crippen LogP contribution < -0.4 is 16.0 Å². The number of alkyl carbamates (subject to hydrolysis) is 1. The molecule has 4 N–H and O–H groups in total. The Bertz CT molecular complexity index is 1320. The van der Waals surface area contributed by atoms with E-state index in [-0.39, 0.29) is 43.2 Å². The molecule has 1 aliphatic heterocycles. The normalized spacial score (nSPS) is 19.5. The van der Waals surface area contributed by atoms with Crippen molar-refractivity contribution in [2.24, 2.45) is 23.7 Å². The van der Waals surface area contributed by atoms with E-state index in [1.165, 1.54) is 4.90 Å². The number of carboxylic acid groups (broad SMARTS) is 1. The van der Waals surface area contributed by atoms with Crippen molar-refractivity contribution in [1.82, 2.24) is 20.9 Å². The Morgan fingerprint density at radius 3 is 2.14 bits per heavy atom. The van der Waals surface area contributed by atoms with Gasteiger partial charge in [-0.15, -0.1) is 0 Å². The molecule has 0 spiro atoms. The Kier molecular flexibility index (Phi) is 14.7. The fraction of sp³-hybridized carbons (Fsp3) is 0.676. The number of rotatable bonds is 15. The molecular weight excluding hydrogens is 652 g/mol. The summed E-state index contributed by atoms with van der Waals surface area (Å²) in [5, 5.41) is 16.3. The van der Waals surface area contributed by atoms with E-state index < -0.39 is 96.5 Å². The number of hydrogen-bond donors (Lipinski definition) is 4. The van der Waals surface area contributed by atoms with Gasteiger partial charge in [-0.05, 0) is 48.6 Å². The minimum Gasteiger partial charge on any atom is -0.478 e. The van der Waals surface area contributed by atoms with Crippen molar-refractivity contribution in [3.63, 3.8) is 0 Å². The molecule has 11 nitrogen and oxygen atoms in total. The predicted octanol–water partition coefficient (Wildman–Crippen LogP) is 4.67. The molecule has 1 heterocycles. The van der Waals surface area contributed by atoms with Gasteiger partial charge in [0.1, 0.15) is 29.8 Å². The van der Waals surface area contributed by atoms with Crippen molar-refractivity contribution in [3.05, 3.63) is 34.9 Å². The third-order valence-corrected chi connectivity index (χ3v) is 9.10. The Hall–Kier alpha value is -3.91. The second-order valence-electron chi connectivity index (χ2n) is 13.7. The maximum Gasteiger partial charge on any atom is 0.407 e. The lowest BCUT2D eigenvalue weighted by atomic mass is 9.79. The minimum atomic E-state index is -3.00. The molecule has 0 radical (unpaired) electrons. The van der Waals surface area contributed by atoms with Crippen LogP contribution in [0.4, 0.5) is 22.4 Å². The number of carbonyl (C=O) groups excluding carboxylic acids is 4. The number of amides is 4. The van der Waals surface area contributed by atoms with Crippen LogP contribution in [0.3, 0.4) is 0 Å². The van der Waals surface area contributed by atoms with Gasteiger partial charge in [0.05, 0.1) is 12.2 Å². The molecule has 49 heavy (non-hydrogen) atoms. The SMILES string of the molecule is CC(C)COC(=O)N[C@H](C(=O)N1C[C@H](C2CCCCC2)C[C@H]1C(=O)N[C@@H](CC(F)F)C(=O)NCCc1c(F)cc(C(=O)O)cc1F)C(C)C. The number of halogens is 4. The number of nitrogens with one attached hydrogen (secondary N) is 3. The zero-order valence-corrected chi connectivity index (χ0v) is 28.4. The molecule has 4 atom stereocenters. The van der Waals surface area contributed by atoms with Crippen molar-refractivity contribution in [3.8, 4) is 0 Å². The monoisotopic (exact) mass is 700 g/mol. The van der Waals surface area contributed by atoms with Crippen LogP contribution in [-0.4, -0.2) is 84.0 Å². The van der Waals surface area contributed by atoms with Crippen LogP contribution in [-0.2, 0) is 25.5 Å². The third-order valence-electron chi connectivity index (χ3n) is 9.10. The highest BCUT2D eigenvalue weighted by atomic mass is 19.3. The summed E-state index contributed by atoms with van der Waals surface area (Å²) in [6.45, 7) is 7.14. The van der Waals surface area contributed by atoms with Gasteiger partial charge in [-0.1, -0.05) is 59.8 Å². The first-order valence-corrected chi connectivity index (χ1v) is 16.9. The standard InChI is InChI=1S/C34H48F4N4O7/c1-18(2)17-49-34(48)41-29(19(3)4)32(45)42-16-22(20-8-6-5-7-9-20)14-27(42)31(44)40-26(15-28(37)38)30(43)39-11-10-23-24(35)12-21(33(46)47)13-25(23)36/h12-13,18-20,22,26-29H,5-11,14-17H2,1-4H3,(H,39,43)(H,40,44)(H,41,48)(H,46,47)/t22-,26+,27+,29+/m1/s1. The van der Waals surface area contributed by atoms with Gasteiger partial charge >= 0.3 is 12.1 Å². The van der Waals surface area contributed by atoms with Crippen LogP contribution in [0.15, 0.2) is 12.1 Å². The number of carbonyl (C=O) groups is 5. The number of alkyl halides is 2. The number of hydrogen-bond acceptors (Lipinski definition) is 6. The van der Waals surface area contributed by atoms with Gasteiger partial charge in [0, 0.05) is 25.1 Å². The van der Waals surface area contributed by atoms with E-state index >= 15 is 0 Å². The van der Waals surface area contributed by atoms with Crippen LogP contribution >= 0.6 is 0 Å². The predicted molar refractivity (Wildman–Crippen MR) is 171 cm³/mol. The number of nitrogens with zero attached hydrogens (tertiary/aromatic N) is 1. The molecule has 1 aromatic carbocycles. The highest BCUT2D eigenvalue weighted by Gasteiger charge is 2.45. The molecular formula is C34H48F4N4O7. The van der Waals surface area contributed by atoms with E-state index in [1.807, 2.05) is 13.8 Å². The van der Waals surface area contributed by atoms with Crippen LogP contribution in [0.1, 0.15) is 88.6 Å². The molecule has 0 unspecified atom stereocenters.